The van der Waals surface area contributed by atoms with Gasteiger partial charge >= 0.3 is 0 Å². The van der Waals surface area contributed by atoms with Crippen LogP contribution < -0.4 is 14.8 Å². The van der Waals surface area contributed by atoms with Crippen LogP contribution in [0.3, 0.4) is 0 Å². The van der Waals surface area contributed by atoms with Crippen molar-refractivity contribution in [3.05, 3.63) is 24.5 Å². The van der Waals surface area contributed by atoms with Crippen LogP contribution in [0.1, 0.15) is 13.8 Å². The minimum absolute atomic E-state index is 0.131. The lowest BCUT2D eigenvalue weighted by atomic mass is 10.2. The molecule has 118 valence electrons. The molecular weight excluding hydrogens is 304 g/mol. The number of anilines is 1. The zero-order chi connectivity index (χ0) is 15.8. The Morgan fingerprint density at radius 2 is 2.05 bits per heavy atom. The summed E-state index contributed by atoms with van der Waals surface area (Å²) < 4.78 is 11.0. The third-order valence-electron chi connectivity index (χ3n) is 2.56. The van der Waals surface area contributed by atoms with Gasteiger partial charge in [-0.2, -0.15) is 5.10 Å². The first-order valence-electron chi connectivity index (χ1n) is 6.90. The number of rotatable bonds is 8. The van der Waals surface area contributed by atoms with E-state index in [1.165, 1.54) is 18.1 Å². The highest BCUT2D eigenvalue weighted by atomic mass is 32.2. The maximum Gasteiger partial charge on any atom is 0.234 e. The quantitative estimate of drug-likeness (QED) is 0.725. The molecule has 22 heavy (non-hydrogen) atoms. The van der Waals surface area contributed by atoms with Crippen molar-refractivity contribution in [3.8, 4) is 11.5 Å². The number of nitrogens with zero attached hydrogens (tertiary/aromatic N) is 2. The third-order valence-corrected chi connectivity index (χ3v) is 3.44. The Morgan fingerprint density at radius 3 is 2.73 bits per heavy atom. The molecule has 0 aliphatic heterocycles. The van der Waals surface area contributed by atoms with Gasteiger partial charge in [0, 0.05) is 11.8 Å². The summed E-state index contributed by atoms with van der Waals surface area (Å²) in [6.45, 7) is 4.89. The predicted molar refractivity (Wildman–Crippen MR) is 84.5 cm³/mol. The topological polar surface area (TPSA) is 89.1 Å². The van der Waals surface area contributed by atoms with E-state index < -0.39 is 0 Å². The van der Waals surface area contributed by atoms with E-state index in [-0.39, 0.29) is 11.7 Å². The Balaban J connectivity index is 1.96. The predicted octanol–water partition coefficient (Wildman–Crippen LogP) is 2.33. The summed E-state index contributed by atoms with van der Waals surface area (Å²) in [6, 6.07) is 5.32. The molecule has 0 atom stereocenters. The summed E-state index contributed by atoms with van der Waals surface area (Å²) in [6.07, 6.45) is 1.40. The highest BCUT2D eigenvalue weighted by molar-refractivity contribution is 7.99. The lowest BCUT2D eigenvalue weighted by Gasteiger charge is -2.12. The van der Waals surface area contributed by atoms with E-state index in [0.717, 1.165) is 0 Å². The molecule has 0 fully saturated rings. The molecule has 0 spiro atoms. The smallest absolute Gasteiger partial charge is 0.234 e. The van der Waals surface area contributed by atoms with E-state index in [1.807, 2.05) is 13.8 Å². The molecule has 8 heteroatoms. The molecular formula is C14H18N4O3S. The maximum absolute atomic E-state index is 11.9. The molecule has 2 aromatic rings. The van der Waals surface area contributed by atoms with Gasteiger partial charge in [-0.3, -0.25) is 9.89 Å². The molecule has 1 amide bonds. The number of benzene rings is 1. The monoisotopic (exact) mass is 322 g/mol. The fourth-order valence-corrected chi connectivity index (χ4v) is 2.30. The van der Waals surface area contributed by atoms with Crippen molar-refractivity contribution < 1.29 is 14.3 Å². The molecule has 0 saturated carbocycles. The van der Waals surface area contributed by atoms with Gasteiger partial charge in [-0.25, -0.2) is 4.98 Å². The van der Waals surface area contributed by atoms with Gasteiger partial charge < -0.3 is 14.8 Å². The van der Waals surface area contributed by atoms with Crippen LogP contribution in [0.5, 0.6) is 11.5 Å². The second-order valence-electron chi connectivity index (χ2n) is 4.16. The van der Waals surface area contributed by atoms with Crippen LogP contribution in [0.25, 0.3) is 0 Å². The van der Waals surface area contributed by atoms with Crippen LogP contribution in [0, 0.1) is 0 Å². The number of hydrogen-bond donors (Lipinski definition) is 2. The Morgan fingerprint density at radius 1 is 1.27 bits per heavy atom. The second-order valence-corrected chi connectivity index (χ2v) is 5.12. The van der Waals surface area contributed by atoms with Crippen molar-refractivity contribution >= 4 is 23.4 Å². The molecule has 0 aliphatic carbocycles. The van der Waals surface area contributed by atoms with Crippen molar-refractivity contribution in [1.82, 2.24) is 15.2 Å². The molecule has 0 radical (unpaired) electrons. The van der Waals surface area contributed by atoms with E-state index in [1.54, 1.807) is 18.2 Å². The summed E-state index contributed by atoms with van der Waals surface area (Å²) in [5.74, 6) is 1.39. The lowest BCUT2D eigenvalue weighted by molar-refractivity contribution is -0.113. The zero-order valence-electron chi connectivity index (χ0n) is 12.5. The first-order valence-corrected chi connectivity index (χ1v) is 7.89. The van der Waals surface area contributed by atoms with Crippen LogP contribution in [0.15, 0.2) is 29.7 Å². The lowest BCUT2D eigenvalue weighted by Crippen LogP contribution is -2.14. The number of H-pyrrole nitrogens is 1. The second kappa shape index (κ2) is 8.28. The summed E-state index contributed by atoms with van der Waals surface area (Å²) in [7, 11) is 0. The number of aromatic nitrogens is 3. The van der Waals surface area contributed by atoms with E-state index >= 15 is 0 Å². The molecule has 1 heterocycles. The minimum Gasteiger partial charge on any atom is -0.490 e. The van der Waals surface area contributed by atoms with E-state index in [0.29, 0.717) is 35.6 Å². The molecule has 1 aromatic carbocycles. The molecule has 2 rings (SSSR count). The number of carbonyl (C=O) groups is 1. The third kappa shape index (κ3) is 4.66. The Bertz CT molecular complexity index is 604. The van der Waals surface area contributed by atoms with Gasteiger partial charge in [0.25, 0.3) is 0 Å². The van der Waals surface area contributed by atoms with Crippen LogP contribution in [0.2, 0.25) is 0 Å². The molecule has 0 bridgehead atoms. The van der Waals surface area contributed by atoms with Crippen molar-refractivity contribution in [3.63, 3.8) is 0 Å². The highest BCUT2D eigenvalue weighted by Crippen LogP contribution is 2.30. The van der Waals surface area contributed by atoms with E-state index in [9.17, 15) is 4.79 Å². The van der Waals surface area contributed by atoms with Crippen LogP contribution in [0.4, 0.5) is 5.69 Å². The number of nitrogens with one attached hydrogen (secondary N) is 2. The summed E-state index contributed by atoms with van der Waals surface area (Å²) in [5.41, 5.74) is 0.662. The summed E-state index contributed by atoms with van der Waals surface area (Å²) in [5, 5.41) is 9.84. The molecule has 1 aromatic heterocycles. The largest absolute Gasteiger partial charge is 0.490 e. The Kier molecular flexibility index (Phi) is 6.08. The fraction of sp³-hybridized carbons (Fsp3) is 0.357. The van der Waals surface area contributed by atoms with Crippen molar-refractivity contribution in [1.29, 1.82) is 0 Å². The van der Waals surface area contributed by atoms with Crippen molar-refractivity contribution in [2.75, 3.05) is 24.3 Å². The number of hydrogen-bond acceptors (Lipinski definition) is 6. The van der Waals surface area contributed by atoms with Crippen LogP contribution >= 0.6 is 11.8 Å². The van der Waals surface area contributed by atoms with Gasteiger partial charge in [0.05, 0.1) is 19.0 Å². The number of ether oxygens (including phenoxy) is 2. The van der Waals surface area contributed by atoms with E-state index in [4.69, 9.17) is 9.47 Å². The van der Waals surface area contributed by atoms with E-state index in [2.05, 4.69) is 20.5 Å². The number of amides is 1. The first-order chi connectivity index (χ1) is 10.7. The molecule has 2 N–H and O–H groups in total. The summed E-state index contributed by atoms with van der Waals surface area (Å²) in [4.78, 5) is 15.9. The van der Waals surface area contributed by atoms with Gasteiger partial charge in [0.2, 0.25) is 5.91 Å². The Hall–Kier alpha value is -2.22. The van der Waals surface area contributed by atoms with Gasteiger partial charge in [0.15, 0.2) is 16.7 Å². The first kappa shape index (κ1) is 16.2. The molecule has 0 saturated heterocycles. The standard InChI is InChI=1S/C14H18N4O3S/c1-3-20-11-6-5-10(7-12(11)21-4-2)17-13(19)8-22-14-15-9-16-18-14/h5-7,9H,3-4,8H2,1-2H3,(H,17,19)(H,15,16,18). The van der Waals surface area contributed by atoms with Crippen molar-refractivity contribution in [2.45, 2.75) is 19.0 Å². The summed E-state index contributed by atoms with van der Waals surface area (Å²) >= 11 is 1.28. The number of thioether (sulfide) groups is 1. The minimum atomic E-state index is -0.131. The molecule has 7 nitrogen and oxygen atoms in total. The molecule has 0 aliphatic rings. The highest BCUT2D eigenvalue weighted by Gasteiger charge is 2.09. The number of carbonyl (C=O) groups excluding carboxylic acids is 1. The molecule has 0 unspecified atom stereocenters. The Labute approximate surface area is 132 Å². The van der Waals surface area contributed by atoms with Crippen molar-refractivity contribution in [2.24, 2.45) is 0 Å². The van der Waals surface area contributed by atoms with Gasteiger partial charge in [-0.1, -0.05) is 11.8 Å². The van der Waals surface area contributed by atoms with Gasteiger partial charge in [-0.15, -0.1) is 0 Å². The average Bonchev–Trinajstić information content (AvgIpc) is 3.02. The zero-order valence-corrected chi connectivity index (χ0v) is 13.3. The van der Waals surface area contributed by atoms with Crippen LogP contribution in [-0.4, -0.2) is 40.1 Å². The maximum atomic E-state index is 11.9. The SMILES string of the molecule is CCOc1ccc(NC(=O)CSc2ncn[nH]2)cc1OCC. The normalized spacial score (nSPS) is 10.3. The number of aromatic amines is 1. The van der Waals surface area contributed by atoms with Gasteiger partial charge in [-0.05, 0) is 26.0 Å². The van der Waals surface area contributed by atoms with Gasteiger partial charge in [0.1, 0.15) is 6.33 Å². The van der Waals surface area contributed by atoms with Crippen LogP contribution in [-0.2, 0) is 4.79 Å². The fourth-order valence-electron chi connectivity index (χ4n) is 1.72. The average molecular weight is 322 g/mol.